The van der Waals surface area contributed by atoms with Crippen LogP contribution >= 0.6 is 0 Å². The van der Waals surface area contributed by atoms with Crippen LogP contribution in [-0.2, 0) is 0 Å². The highest BCUT2D eigenvalue weighted by atomic mass is 19.3. The zero-order valence-electron chi connectivity index (χ0n) is 16.4. The Hall–Kier alpha value is -2.67. The number of piperidine rings is 1. The molecule has 29 heavy (non-hydrogen) atoms. The molecule has 1 amide bonds. The Bertz CT molecular complexity index is 793. The Morgan fingerprint density at radius 3 is 2.41 bits per heavy atom. The largest absolute Gasteiger partial charge is 0.497 e. The third-order valence-corrected chi connectivity index (χ3v) is 5.14. The SMILES string of the molecule is COc1ccc(C(CNC(=O)c2ccccc2OC(F)F)N2CCCCC2)cc1. The molecule has 1 heterocycles. The summed E-state index contributed by atoms with van der Waals surface area (Å²) in [6.07, 6.45) is 3.44. The number of hydrogen-bond acceptors (Lipinski definition) is 4. The Kier molecular flexibility index (Phi) is 7.41. The highest BCUT2D eigenvalue weighted by molar-refractivity contribution is 5.96. The third-order valence-electron chi connectivity index (χ3n) is 5.14. The van der Waals surface area contributed by atoms with Crippen LogP contribution in [0.5, 0.6) is 11.5 Å². The fourth-order valence-corrected chi connectivity index (χ4v) is 3.65. The molecule has 1 atom stereocenters. The van der Waals surface area contributed by atoms with Crippen molar-refractivity contribution in [2.75, 3.05) is 26.7 Å². The lowest BCUT2D eigenvalue weighted by Gasteiger charge is -2.35. The molecule has 1 saturated heterocycles. The summed E-state index contributed by atoms with van der Waals surface area (Å²) in [6.45, 7) is -0.701. The van der Waals surface area contributed by atoms with Gasteiger partial charge in [0.2, 0.25) is 0 Å². The van der Waals surface area contributed by atoms with Crippen molar-refractivity contribution in [1.82, 2.24) is 10.2 Å². The predicted molar refractivity (Wildman–Crippen MR) is 107 cm³/mol. The smallest absolute Gasteiger partial charge is 0.387 e. The van der Waals surface area contributed by atoms with E-state index in [1.165, 1.54) is 18.6 Å². The average Bonchev–Trinajstić information content (AvgIpc) is 2.75. The predicted octanol–water partition coefficient (Wildman–Crippen LogP) is 4.25. The monoisotopic (exact) mass is 404 g/mol. The summed E-state index contributed by atoms with van der Waals surface area (Å²) in [4.78, 5) is 15.0. The van der Waals surface area contributed by atoms with E-state index in [4.69, 9.17) is 4.74 Å². The molecule has 0 aromatic heterocycles. The van der Waals surface area contributed by atoms with Gasteiger partial charge in [0, 0.05) is 6.54 Å². The van der Waals surface area contributed by atoms with Gasteiger partial charge in [-0.15, -0.1) is 0 Å². The Balaban J connectivity index is 1.75. The zero-order chi connectivity index (χ0) is 20.6. The van der Waals surface area contributed by atoms with Crippen molar-refractivity contribution in [2.45, 2.75) is 31.9 Å². The maximum absolute atomic E-state index is 12.7. The van der Waals surface area contributed by atoms with Crippen molar-refractivity contribution in [3.05, 3.63) is 59.7 Å². The fraction of sp³-hybridized carbons (Fsp3) is 0.409. The molecular formula is C22H26F2N2O3. The fourth-order valence-electron chi connectivity index (χ4n) is 3.65. The van der Waals surface area contributed by atoms with Gasteiger partial charge in [-0.1, -0.05) is 30.7 Å². The number of alkyl halides is 2. The van der Waals surface area contributed by atoms with Gasteiger partial charge >= 0.3 is 6.61 Å². The molecule has 5 nitrogen and oxygen atoms in total. The van der Waals surface area contributed by atoms with E-state index in [2.05, 4.69) is 15.0 Å². The Labute approximate surface area is 169 Å². The third kappa shape index (κ3) is 5.67. The molecule has 2 aromatic rings. The van der Waals surface area contributed by atoms with E-state index in [0.717, 1.165) is 37.2 Å². The van der Waals surface area contributed by atoms with Gasteiger partial charge in [-0.05, 0) is 55.8 Å². The van der Waals surface area contributed by atoms with E-state index < -0.39 is 12.5 Å². The van der Waals surface area contributed by atoms with Crippen LogP contribution in [0.25, 0.3) is 0 Å². The van der Waals surface area contributed by atoms with E-state index in [-0.39, 0.29) is 17.4 Å². The molecular weight excluding hydrogens is 378 g/mol. The van der Waals surface area contributed by atoms with Crippen LogP contribution in [0.1, 0.15) is 41.2 Å². The summed E-state index contributed by atoms with van der Waals surface area (Å²) in [5.41, 5.74) is 1.17. The van der Waals surface area contributed by atoms with Gasteiger partial charge in [0.05, 0.1) is 18.7 Å². The molecule has 7 heteroatoms. The minimum absolute atomic E-state index is 0.00617. The summed E-state index contributed by atoms with van der Waals surface area (Å²) in [6, 6.07) is 13.8. The number of halogens is 2. The first-order valence-corrected chi connectivity index (χ1v) is 9.78. The molecule has 1 unspecified atom stereocenters. The van der Waals surface area contributed by atoms with Crippen LogP contribution in [0.15, 0.2) is 48.5 Å². The molecule has 0 saturated carbocycles. The van der Waals surface area contributed by atoms with Crippen LogP contribution in [0, 0.1) is 0 Å². The molecule has 1 aliphatic rings. The number of ether oxygens (including phenoxy) is 2. The second-order valence-corrected chi connectivity index (χ2v) is 6.97. The van der Waals surface area contributed by atoms with E-state index in [1.807, 2.05) is 24.3 Å². The van der Waals surface area contributed by atoms with Crippen LogP contribution in [-0.4, -0.2) is 44.2 Å². The van der Waals surface area contributed by atoms with Crippen LogP contribution in [0.3, 0.4) is 0 Å². The van der Waals surface area contributed by atoms with Gasteiger partial charge in [-0.2, -0.15) is 8.78 Å². The number of hydrogen-bond donors (Lipinski definition) is 1. The van der Waals surface area contributed by atoms with E-state index in [0.29, 0.717) is 6.54 Å². The van der Waals surface area contributed by atoms with Gasteiger partial charge in [-0.3, -0.25) is 9.69 Å². The first-order valence-electron chi connectivity index (χ1n) is 9.78. The van der Waals surface area contributed by atoms with E-state index in [1.54, 1.807) is 19.2 Å². The summed E-state index contributed by atoms with van der Waals surface area (Å²) < 4.78 is 35.0. The highest BCUT2D eigenvalue weighted by Crippen LogP contribution is 2.26. The number of nitrogens with zero attached hydrogens (tertiary/aromatic N) is 1. The maximum atomic E-state index is 12.7. The molecule has 0 radical (unpaired) electrons. The lowest BCUT2D eigenvalue weighted by Crippen LogP contribution is -2.40. The second kappa shape index (κ2) is 10.2. The number of benzene rings is 2. The number of para-hydroxylation sites is 1. The lowest BCUT2D eigenvalue weighted by molar-refractivity contribution is -0.0501. The molecule has 0 spiro atoms. The number of likely N-dealkylation sites (tertiary alicyclic amines) is 1. The molecule has 3 rings (SSSR count). The van der Waals surface area contributed by atoms with Crippen molar-refractivity contribution >= 4 is 5.91 Å². The van der Waals surface area contributed by atoms with Gasteiger partial charge in [0.1, 0.15) is 11.5 Å². The maximum Gasteiger partial charge on any atom is 0.387 e. The number of amides is 1. The first-order chi connectivity index (χ1) is 14.1. The number of rotatable bonds is 8. The molecule has 0 aliphatic carbocycles. The number of methoxy groups -OCH3 is 1. The normalized spacial score (nSPS) is 15.7. The highest BCUT2D eigenvalue weighted by Gasteiger charge is 2.24. The molecule has 156 valence electrons. The van der Waals surface area contributed by atoms with Crippen LogP contribution in [0.2, 0.25) is 0 Å². The summed E-state index contributed by atoms with van der Waals surface area (Å²) in [7, 11) is 1.62. The lowest BCUT2D eigenvalue weighted by atomic mass is 10.0. The van der Waals surface area contributed by atoms with Crippen molar-refractivity contribution in [3.63, 3.8) is 0 Å². The van der Waals surface area contributed by atoms with Crippen molar-refractivity contribution in [2.24, 2.45) is 0 Å². The van der Waals surface area contributed by atoms with Gasteiger partial charge in [0.25, 0.3) is 5.91 Å². The zero-order valence-corrected chi connectivity index (χ0v) is 16.4. The van der Waals surface area contributed by atoms with E-state index >= 15 is 0 Å². The Morgan fingerprint density at radius 1 is 1.07 bits per heavy atom. The van der Waals surface area contributed by atoms with Crippen LogP contribution in [0.4, 0.5) is 8.78 Å². The van der Waals surface area contributed by atoms with E-state index in [9.17, 15) is 13.6 Å². The van der Waals surface area contributed by atoms with Gasteiger partial charge < -0.3 is 14.8 Å². The van der Waals surface area contributed by atoms with Crippen LogP contribution < -0.4 is 14.8 Å². The molecule has 0 bridgehead atoms. The molecule has 2 aromatic carbocycles. The van der Waals surface area contributed by atoms with Gasteiger partial charge in [-0.25, -0.2) is 0 Å². The number of carbonyl (C=O) groups excluding carboxylic acids is 1. The second-order valence-electron chi connectivity index (χ2n) is 6.97. The quantitative estimate of drug-likeness (QED) is 0.715. The molecule has 1 aliphatic heterocycles. The Morgan fingerprint density at radius 2 is 1.76 bits per heavy atom. The standard InChI is InChI=1S/C22H26F2N2O3/c1-28-17-11-9-16(10-12-17)19(26-13-5-2-6-14-26)15-25-21(27)18-7-3-4-8-20(18)29-22(23)24/h3-4,7-12,19,22H,2,5-6,13-15H2,1H3,(H,25,27). The van der Waals surface area contributed by atoms with Crippen molar-refractivity contribution in [3.8, 4) is 11.5 Å². The summed E-state index contributed by atoms with van der Waals surface area (Å²) in [5, 5.41) is 2.90. The number of nitrogens with one attached hydrogen (secondary N) is 1. The summed E-state index contributed by atoms with van der Waals surface area (Å²) in [5.74, 6) is 0.212. The minimum Gasteiger partial charge on any atom is -0.497 e. The topological polar surface area (TPSA) is 50.8 Å². The first kappa shape index (κ1) is 21.0. The van der Waals surface area contributed by atoms with Crippen molar-refractivity contribution in [1.29, 1.82) is 0 Å². The number of carbonyl (C=O) groups is 1. The molecule has 1 fully saturated rings. The van der Waals surface area contributed by atoms with Crippen molar-refractivity contribution < 1.29 is 23.0 Å². The molecule has 1 N–H and O–H groups in total. The minimum atomic E-state index is -2.98. The van der Waals surface area contributed by atoms with Gasteiger partial charge in [0.15, 0.2) is 0 Å². The summed E-state index contributed by atoms with van der Waals surface area (Å²) >= 11 is 0. The average molecular weight is 404 g/mol.